The minimum atomic E-state index is -1.58. The van der Waals surface area contributed by atoms with Gasteiger partial charge in [-0.3, -0.25) is 4.79 Å². The maximum atomic E-state index is 12.9. The third kappa shape index (κ3) is 39.4. The van der Waals surface area contributed by atoms with Crippen LogP contribution in [0.15, 0.2) is 158 Å². The molecular weight excluding hydrogens is 899 g/mol. The lowest BCUT2D eigenvalue weighted by Gasteiger charge is -2.40. The van der Waals surface area contributed by atoms with Crippen LogP contribution in [0.1, 0.15) is 174 Å². The number of hydrogen-bond acceptors (Lipinski definition) is 8. The van der Waals surface area contributed by atoms with E-state index in [0.717, 1.165) is 122 Å². The summed E-state index contributed by atoms with van der Waals surface area (Å²) in [6.07, 6.45) is 73.3. The van der Waals surface area contributed by atoms with E-state index < -0.39 is 49.5 Å². The van der Waals surface area contributed by atoms with E-state index in [-0.39, 0.29) is 12.5 Å². The Hall–Kier alpha value is -4.19. The fourth-order valence-corrected chi connectivity index (χ4v) is 7.49. The van der Waals surface area contributed by atoms with Gasteiger partial charge in [0.1, 0.15) is 24.4 Å². The first-order chi connectivity index (χ1) is 35.3. The molecule has 0 spiro atoms. The summed E-state index contributed by atoms with van der Waals surface area (Å²) < 4.78 is 11.2. The zero-order chi connectivity index (χ0) is 52.2. The number of unbranched alkanes of at least 4 members (excludes halogenated alkanes) is 10. The van der Waals surface area contributed by atoms with Crippen LogP contribution in [0.3, 0.4) is 0 Å². The summed E-state index contributed by atoms with van der Waals surface area (Å²) in [7, 11) is 0. The van der Waals surface area contributed by atoms with E-state index in [4.69, 9.17) is 9.47 Å². The van der Waals surface area contributed by atoms with Gasteiger partial charge in [-0.25, -0.2) is 0 Å². The number of allylic oxidation sites excluding steroid dienone is 25. The molecule has 404 valence electrons. The Morgan fingerprint density at radius 3 is 1.28 bits per heavy atom. The highest BCUT2D eigenvalue weighted by molar-refractivity contribution is 5.76. The largest absolute Gasteiger partial charge is 0.394 e. The molecule has 1 aliphatic heterocycles. The van der Waals surface area contributed by atoms with Gasteiger partial charge in [-0.15, -0.1) is 0 Å². The average Bonchev–Trinajstić information content (AvgIpc) is 3.38. The highest BCUT2D eigenvalue weighted by Crippen LogP contribution is 2.22. The lowest BCUT2D eigenvalue weighted by molar-refractivity contribution is -0.302. The van der Waals surface area contributed by atoms with E-state index in [1.54, 1.807) is 6.08 Å². The van der Waals surface area contributed by atoms with Crippen molar-refractivity contribution < 1.29 is 39.8 Å². The molecule has 7 unspecified atom stereocenters. The van der Waals surface area contributed by atoms with Crippen molar-refractivity contribution in [3.05, 3.63) is 158 Å². The Kier molecular flexibility index (Phi) is 46.0. The molecule has 0 radical (unpaired) electrons. The predicted molar refractivity (Wildman–Crippen MR) is 303 cm³/mol. The van der Waals surface area contributed by atoms with Gasteiger partial charge < -0.3 is 40.3 Å². The fraction of sp³-hybridized carbons (Fsp3) is 0.571. The molecule has 7 atom stereocenters. The summed E-state index contributed by atoms with van der Waals surface area (Å²) in [5.41, 5.74) is 0. The van der Waals surface area contributed by atoms with Crippen molar-refractivity contribution in [3.63, 3.8) is 0 Å². The van der Waals surface area contributed by atoms with E-state index in [1.165, 1.54) is 25.7 Å². The van der Waals surface area contributed by atoms with Gasteiger partial charge in [-0.2, -0.15) is 0 Å². The number of carbonyl (C=O) groups is 1. The summed E-state index contributed by atoms with van der Waals surface area (Å²) in [5, 5.41) is 54.0. The van der Waals surface area contributed by atoms with Crippen molar-refractivity contribution >= 4 is 5.91 Å². The van der Waals surface area contributed by atoms with Crippen molar-refractivity contribution in [2.24, 2.45) is 0 Å². The smallest absolute Gasteiger partial charge is 0.220 e. The maximum Gasteiger partial charge on any atom is 0.220 e. The number of nitrogens with one attached hydrogen (secondary N) is 1. The molecule has 0 aromatic carbocycles. The van der Waals surface area contributed by atoms with Gasteiger partial charge in [-0.05, 0) is 109 Å². The molecule has 1 amide bonds. The van der Waals surface area contributed by atoms with Crippen molar-refractivity contribution in [1.29, 1.82) is 0 Å². The zero-order valence-corrected chi connectivity index (χ0v) is 44.6. The first kappa shape index (κ1) is 65.8. The molecule has 0 bridgehead atoms. The van der Waals surface area contributed by atoms with Crippen LogP contribution >= 0.6 is 0 Å². The number of aliphatic hydroxyl groups is 5. The Labute approximate surface area is 437 Å². The van der Waals surface area contributed by atoms with Crippen LogP contribution in [-0.4, -0.2) is 87.5 Å². The standard InChI is InChI=1S/C63H99NO8/c1-3-5-7-9-11-13-14-15-16-17-18-19-20-21-22-23-24-25-26-27-28-29-30-31-32-33-34-35-36-37-38-39-40-41-42-43-44-45-47-49-51-53-59(67)64-56(57(66)52-50-48-46-12-10-8-6-4-2)55-71-63-62(70)61(69)60(68)58(54-65)72-63/h5,7,11,13,15-16,18-19,21-22,24-25,27-28,30-31,33-34,36-37,39-40,42-43,50,52,56-58,60-63,65-66,68-70H,3-4,6,8-10,12,14,17,20,23,26,29,32,35,38,41,44-49,51,53-55H2,1-2H3,(H,64,67)/b7-5-,13-11-,16-15-,19-18-,22-21-,25-24-,28-27-,31-30-,34-33-,37-36-,40-39-,43-42-,52-50+. The number of carbonyl (C=O) groups excluding carboxylic acids is 1. The Bertz CT molecular complexity index is 1680. The second kappa shape index (κ2) is 50.3. The van der Waals surface area contributed by atoms with Gasteiger partial charge in [0, 0.05) is 6.42 Å². The highest BCUT2D eigenvalue weighted by Gasteiger charge is 2.44. The van der Waals surface area contributed by atoms with Gasteiger partial charge in [0.05, 0.1) is 25.4 Å². The molecule has 9 nitrogen and oxygen atoms in total. The summed E-state index contributed by atoms with van der Waals surface area (Å²) in [5.74, 6) is -0.213. The van der Waals surface area contributed by atoms with Crippen LogP contribution in [-0.2, 0) is 14.3 Å². The molecule has 6 N–H and O–H groups in total. The summed E-state index contributed by atoms with van der Waals surface area (Å²) in [6.45, 7) is 3.57. The molecule has 0 aromatic rings. The summed E-state index contributed by atoms with van der Waals surface area (Å²) in [4.78, 5) is 12.9. The third-order valence-electron chi connectivity index (χ3n) is 11.9. The Morgan fingerprint density at radius 2 is 0.861 bits per heavy atom. The van der Waals surface area contributed by atoms with Gasteiger partial charge in [0.15, 0.2) is 6.29 Å². The minimum Gasteiger partial charge on any atom is -0.394 e. The van der Waals surface area contributed by atoms with Crippen molar-refractivity contribution in [1.82, 2.24) is 5.32 Å². The molecule has 0 saturated carbocycles. The summed E-state index contributed by atoms with van der Waals surface area (Å²) >= 11 is 0. The van der Waals surface area contributed by atoms with Gasteiger partial charge in [0.25, 0.3) is 0 Å². The first-order valence-corrected chi connectivity index (χ1v) is 27.7. The molecule has 9 heteroatoms. The molecule has 1 aliphatic rings. The predicted octanol–water partition coefficient (Wildman–Crippen LogP) is 13.7. The number of hydrogen-bond donors (Lipinski definition) is 6. The topological polar surface area (TPSA) is 149 Å². The van der Waals surface area contributed by atoms with E-state index in [9.17, 15) is 30.3 Å². The normalized spacial score (nSPS) is 20.5. The monoisotopic (exact) mass is 998 g/mol. The van der Waals surface area contributed by atoms with E-state index in [1.807, 2.05) is 6.08 Å². The van der Waals surface area contributed by atoms with Crippen LogP contribution in [0.2, 0.25) is 0 Å². The second-order valence-corrected chi connectivity index (χ2v) is 18.3. The number of ether oxygens (including phenoxy) is 2. The molecule has 1 fully saturated rings. The quantitative estimate of drug-likeness (QED) is 0.0261. The third-order valence-corrected chi connectivity index (χ3v) is 11.9. The van der Waals surface area contributed by atoms with E-state index in [0.29, 0.717) is 12.8 Å². The van der Waals surface area contributed by atoms with Crippen LogP contribution in [0.4, 0.5) is 0 Å². The molecule has 1 heterocycles. The molecular formula is C63H99NO8. The second-order valence-electron chi connectivity index (χ2n) is 18.3. The lowest BCUT2D eigenvalue weighted by Crippen LogP contribution is -2.60. The van der Waals surface area contributed by atoms with Crippen molar-refractivity contribution in [2.45, 2.75) is 217 Å². The highest BCUT2D eigenvalue weighted by atomic mass is 16.7. The average molecular weight is 998 g/mol. The molecule has 72 heavy (non-hydrogen) atoms. The summed E-state index contributed by atoms with van der Waals surface area (Å²) in [6, 6.07) is -0.827. The minimum absolute atomic E-state index is 0.210. The Morgan fingerprint density at radius 1 is 0.486 bits per heavy atom. The van der Waals surface area contributed by atoms with Crippen molar-refractivity contribution in [3.8, 4) is 0 Å². The molecule has 1 saturated heterocycles. The van der Waals surface area contributed by atoms with Crippen molar-refractivity contribution in [2.75, 3.05) is 13.2 Å². The maximum absolute atomic E-state index is 12.9. The first-order valence-electron chi connectivity index (χ1n) is 27.7. The Balaban J connectivity index is 2.15. The molecule has 1 rings (SSSR count). The van der Waals surface area contributed by atoms with E-state index in [2.05, 4.69) is 165 Å². The van der Waals surface area contributed by atoms with Crippen LogP contribution < -0.4 is 5.32 Å². The zero-order valence-electron chi connectivity index (χ0n) is 44.6. The SMILES string of the molecule is CC/C=C\C/C=C\C/C=C\C/C=C\C/C=C\C/C=C\C/C=C\C/C=C\C/C=C\C/C=C\C/C=C\C/C=C\CCCCCCC(=O)NC(COC1OC(CO)C(O)C(O)C1O)C(O)/C=C/CCCCCCCC. The fourth-order valence-electron chi connectivity index (χ4n) is 7.49. The number of amides is 1. The van der Waals surface area contributed by atoms with Crippen LogP contribution in [0.25, 0.3) is 0 Å². The lowest BCUT2D eigenvalue weighted by atomic mass is 9.99. The van der Waals surface area contributed by atoms with E-state index >= 15 is 0 Å². The number of aliphatic hydroxyl groups excluding tert-OH is 5. The molecule has 0 aromatic heterocycles. The van der Waals surface area contributed by atoms with Gasteiger partial charge >= 0.3 is 0 Å². The number of rotatable bonds is 44. The van der Waals surface area contributed by atoms with Gasteiger partial charge in [0.2, 0.25) is 5.91 Å². The molecule has 0 aliphatic carbocycles. The van der Waals surface area contributed by atoms with Gasteiger partial charge in [-0.1, -0.05) is 217 Å². The van der Waals surface area contributed by atoms with Crippen LogP contribution in [0.5, 0.6) is 0 Å². The van der Waals surface area contributed by atoms with Crippen LogP contribution in [0, 0.1) is 0 Å².